The molecule has 10 nitrogen and oxygen atoms in total. The third-order valence-electron chi connectivity index (χ3n) is 5.02. The summed E-state index contributed by atoms with van der Waals surface area (Å²) in [5.74, 6) is 0.428. The van der Waals surface area contributed by atoms with Gasteiger partial charge in [0.2, 0.25) is 11.6 Å². The Morgan fingerprint density at radius 3 is 2.36 bits per heavy atom. The average Bonchev–Trinajstić information content (AvgIpc) is 3.16. The first-order chi connectivity index (χ1) is 15.7. The minimum absolute atomic E-state index is 0.0416. The third-order valence-corrected chi connectivity index (χ3v) is 5.02. The van der Waals surface area contributed by atoms with Crippen LogP contribution < -0.4 is 9.47 Å². The van der Waals surface area contributed by atoms with Crippen molar-refractivity contribution in [3.8, 4) is 11.6 Å². The Hall–Kier alpha value is -3.30. The molecule has 1 aliphatic heterocycles. The van der Waals surface area contributed by atoms with E-state index < -0.39 is 11.6 Å². The van der Waals surface area contributed by atoms with Crippen molar-refractivity contribution in [2.45, 2.75) is 58.8 Å². The van der Waals surface area contributed by atoms with Crippen LogP contribution in [0.2, 0.25) is 0 Å². The summed E-state index contributed by atoms with van der Waals surface area (Å²) in [5.41, 5.74) is 0.444. The number of aromatic nitrogens is 3. The van der Waals surface area contributed by atoms with Crippen LogP contribution >= 0.6 is 0 Å². The molecule has 0 unspecified atom stereocenters. The summed E-state index contributed by atoms with van der Waals surface area (Å²) < 4.78 is 23.5. The second-order valence-corrected chi connectivity index (χ2v) is 8.75. The predicted octanol–water partition coefficient (Wildman–Crippen LogP) is 3.29. The SMILES string of the molecule is CCOC(=O)c1nnn(Cc2ccc(OC)cc2)c1OC1CCN(C(=O)OC(C)(C)C)CC1. The zero-order chi connectivity index (χ0) is 24.0. The van der Waals surface area contributed by atoms with E-state index >= 15 is 0 Å². The van der Waals surface area contributed by atoms with Gasteiger partial charge in [0.25, 0.3) is 0 Å². The number of ether oxygens (including phenoxy) is 4. The Bertz CT molecular complexity index is 943. The number of hydrogen-bond donors (Lipinski definition) is 0. The average molecular weight is 461 g/mol. The fourth-order valence-electron chi connectivity index (χ4n) is 3.40. The molecular weight excluding hydrogens is 428 g/mol. The number of piperidine rings is 1. The van der Waals surface area contributed by atoms with Crippen LogP contribution in [0.5, 0.6) is 11.6 Å². The van der Waals surface area contributed by atoms with E-state index in [9.17, 15) is 9.59 Å². The largest absolute Gasteiger partial charge is 0.497 e. The van der Waals surface area contributed by atoms with E-state index in [0.29, 0.717) is 32.5 Å². The van der Waals surface area contributed by atoms with Gasteiger partial charge in [0.15, 0.2) is 0 Å². The molecule has 0 N–H and O–H groups in total. The predicted molar refractivity (Wildman–Crippen MR) is 120 cm³/mol. The molecule has 0 radical (unpaired) electrons. The Morgan fingerprint density at radius 2 is 1.79 bits per heavy atom. The smallest absolute Gasteiger partial charge is 0.410 e. The highest BCUT2D eigenvalue weighted by molar-refractivity contribution is 5.89. The lowest BCUT2D eigenvalue weighted by Gasteiger charge is -2.33. The van der Waals surface area contributed by atoms with Crippen molar-refractivity contribution in [1.82, 2.24) is 19.9 Å². The van der Waals surface area contributed by atoms with Crippen LogP contribution in [-0.2, 0) is 16.0 Å². The number of methoxy groups -OCH3 is 1. The number of carbonyl (C=O) groups is 2. The fraction of sp³-hybridized carbons (Fsp3) is 0.565. The Morgan fingerprint density at radius 1 is 1.12 bits per heavy atom. The van der Waals surface area contributed by atoms with Crippen molar-refractivity contribution in [3.05, 3.63) is 35.5 Å². The van der Waals surface area contributed by atoms with Crippen LogP contribution in [0.4, 0.5) is 4.79 Å². The molecule has 0 atom stereocenters. The van der Waals surface area contributed by atoms with E-state index in [0.717, 1.165) is 11.3 Å². The molecule has 0 saturated carbocycles. The van der Waals surface area contributed by atoms with Crippen LogP contribution in [0, 0.1) is 0 Å². The minimum Gasteiger partial charge on any atom is -0.497 e. The van der Waals surface area contributed by atoms with E-state index in [-0.39, 0.29) is 30.4 Å². The number of benzene rings is 1. The molecule has 2 aromatic rings. The minimum atomic E-state index is -0.584. The Labute approximate surface area is 193 Å². The molecule has 1 amide bonds. The second kappa shape index (κ2) is 10.5. The number of rotatable bonds is 7. The lowest BCUT2D eigenvalue weighted by atomic mass is 10.1. The van der Waals surface area contributed by atoms with Crippen molar-refractivity contribution in [2.24, 2.45) is 0 Å². The van der Waals surface area contributed by atoms with Gasteiger partial charge in [0.05, 0.1) is 20.3 Å². The number of carbonyl (C=O) groups excluding carboxylic acids is 2. The van der Waals surface area contributed by atoms with Crippen molar-refractivity contribution >= 4 is 12.1 Å². The molecule has 33 heavy (non-hydrogen) atoms. The molecule has 1 aliphatic rings. The van der Waals surface area contributed by atoms with Gasteiger partial charge in [-0.1, -0.05) is 17.3 Å². The number of esters is 1. The van der Waals surface area contributed by atoms with Crippen LogP contribution in [0.1, 0.15) is 56.6 Å². The maximum atomic E-state index is 12.4. The zero-order valence-electron chi connectivity index (χ0n) is 19.9. The maximum Gasteiger partial charge on any atom is 0.410 e. The normalized spacial score (nSPS) is 14.6. The number of likely N-dealkylation sites (tertiary alicyclic amines) is 1. The Kier molecular flexibility index (Phi) is 7.78. The van der Waals surface area contributed by atoms with E-state index in [1.807, 2.05) is 45.0 Å². The first-order valence-corrected chi connectivity index (χ1v) is 11.1. The first kappa shape index (κ1) is 24.3. The van der Waals surface area contributed by atoms with Gasteiger partial charge in [0, 0.05) is 25.9 Å². The van der Waals surface area contributed by atoms with E-state index in [2.05, 4.69) is 10.3 Å². The summed E-state index contributed by atoms with van der Waals surface area (Å²) in [6.07, 6.45) is 0.647. The molecule has 3 rings (SSSR count). The molecule has 180 valence electrons. The molecule has 1 aromatic carbocycles. The van der Waals surface area contributed by atoms with Gasteiger partial charge in [-0.3, -0.25) is 0 Å². The maximum absolute atomic E-state index is 12.4. The summed E-state index contributed by atoms with van der Waals surface area (Å²) in [4.78, 5) is 26.4. The van der Waals surface area contributed by atoms with Crippen LogP contribution in [0.3, 0.4) is 0 Å². The van der Waals surface area contributed by atoms with Gasteiger partial charge < -0.3 is 23.8 Å². The van der Waals surface area contributed by atoms with Gasteiger partial charge in [-0.2, -0.15) is 0 Å². The van der Waals surface area contributed by atoms with Gasteiger partial charge in [-0.05, 0) is 45.4 Å². The summed E-state index contributed by atoms with van der Waals surface area (Å²) in [6, 6.07) is 7.53. The molecule has 0 spiro atoms. The van der Waals surface area contributed by atoms with Gasteiger partial charge in [0.1, 0.15) is 17.5 Å². The quantitative estimate of drug-likeness (QED) is 0.580. The van der Waals surface area contributed by atoms with Crippen molar-refractivity contribution in [2.75, 3.05) is 26.8 Å². The highest BCUT2D eigenvalue weighted by Gasteiger charge is 2.30. The van der Waals surface area contributed by atoms with Crippen molar-refractivity contribution in [1.29, 1.82) is 0 Å². The number of nitrogens with zero attached hydrogens (tertiary/aromatic N) is 4. The van der Waals surface area contributed by atoms with Crippen molar-refractivity contribution < 1.29 is 28.5 Å². The first-order valence-electron chi connectivity index (χ1n) is 11.1. The van der Waals surface area contributed by atoms with E-state index in [1.54, 1.807) is 23.6 Å². The summed E-state index contributed by atoms with van der Waals surface area (Å²) in [6.45, 7) is 8.83. The second-order valence-electron chi connectivity index (χ2n) is 8.75. The lowest BCUT2D eigenvalue weighted by Crippen LogP contribution is -2.44. The van der Waals surface area contributed by atoms with Crippen molar-refractivity contribution in [3.63, 3.8) is 0 Å². The highest BCUT2D eigenvalue weighted by atomic mass is 16.6. The summed E-state index contributed by atoms with van der Waals surface area (Å²) >= 11 is 0. The van der Waals surface area contributed by atoms with Crippen LogP contribution in [0.15, 0.2) is 24.3 Å². The molecule has 0 aliphatic carbocycles. The monoisotopic (exact) mass is 460 g/mol. The van der Waals surface area contributed by atoms with Gasteiger partial charge in [-0.15, -0.1) is 5.10 Å². The molecule has 1 aromatic heterocycles. The molecule has 10 heteroatoms. The number of hydrogen-bond acceptors (Lipinski definition) is 8. The highest BCUT2D eigenvalue weighted by Crippen LogP contribution is 2.25. The van der Waals surface area contributed by atoms with Crippen LogP contribution in [-0.4, -0.2) is 70.5 Å². The fourth-order valence-corrected chi connectivity index (χ4v) is 3.40. The Balaban J connectivity index is 1.72. The zero-order valence-corrected chi connectivity index (χ0v) is 19.9. The summed E-state index contributed by atoms with van der Waals surface area (Å²) in [5, 5.41) is 8.15. The molecule has 1 saturated heterocycles. The standard InChI is InChI=1S/C23H32N4O6/c1-6-31-21(28)19-20(27(25-24-19)15-16-7-9-17(30-5)10-8-16)32-18-11-13-26(14-12-18)22(29)33-23(2,3)4/h7-10,18H,6,11-15H2,1-5H3. The van der Waals surface area contributed by atoms with E-state index in [4.69, 9.17) is 18.9 Å². The molecule has 0 bridgehead atoms. The molecule has 1 fully saturated rings. The topological polar surface area (TPSA) is 105 Å². The van der Waals surface area contributed by atoms with Gasteiger partial charge in [-0.25, -0.2) is 14.3 Å². The van der Waals surface area contributed by atoms with Crippen LogP contribution in [0.25, 0.3) is 0 Å². The summed E-state index contributed by atoms with van der Waals surface area (Å²) in [7, 11) is 1.61. The number of amides is 1. The van der Waals surface area contributed by atoms with E-state index in [1.165, 1.54) is 0 Å². The third kappa shape index (κ3) is 6.59. The lowest BCUT2D eigenvalue weighted by molar-refractivity contribution is 0.0117. The van der Waals surface area contributed by atoms with Gasteiger partial charge >= 0.3 is 12.1 Å². The molecule has 2 heterocycles. The molecular formula is C23H32N4O6.